The largest absolute Gasteiger partial charge is 0.261 e. The summed E-state index contributed by atoms with van der Waals surface area (Å²) in [7, 11) is 1.91. The fraction of sp³-hybridized carbons (Fsp3) is 0.400. The first-order valence-corrected chi connectivity index (χ1v) is 3.36. The van der Waals surface area contributed by atoms with Crippen molar-refractivity contribution in [3.05, 3.63) is 15.5 Å². The first-order chi connectivity index (χ1) is 3.72. The van der Waals surface area contributed by atoms with E-state index in [0.29, 0.717) is 0 Å². The third kappa shape index (κ3) is 0.866. The number of nitrogens with zero attached hydrogens (tertiary/aromatic N) is 2. The molecule has 8 heavy (non-hydrogen) atoms. The summed E-state index contributed by atoms with van der Waals surface area (Å²) in [4.78, 5) is 0. The van der Waals surface area contributed by atoms with Gasteiger partial charge < -0.3 is 0 Å². The Labute approximate surface area is 62.0 Å². The molecule has 0 spiro atoms. The van der Waals surface area contributed by atoms with Crippen molar-refractivity contribution in [3.63, 3.8) is 0 Å². The Hall–Kier alpha value is -0.0600. The van der Waals surface area contributed by atoms with Crippen LogP contribution in [0.4, 0.5) is 0 Å². The van der Waals surface area contributed by atoms with Gasteiger partial charge in [-0.05, 0) is 29.5 Å². The van der Waals surface area contributed by atoms with E-state index in [2.05, 4.69) is 33.9 Å². The minimum atomic E-state index is 1.12. The lowest BCUT2D eigenvalue weighted by Crippen LogP contribution is -1.91. The van der Waals surface area contributed by atoms with E-state index in [1.54, 1.807) is 4.68 Å². The van der Waals surface area contributed by atoms with Gasteiger partial charge in [0, 0.05) is 12.6 Å². The van der Waals surface area contributed by atoms with Gasteiger partial charge in [0.25, 0.3) is 0 Å². The lowest BCUT2D eigenvalue weighted by molar-refractivity contribution is 0.745. The maximum atomic E-state index is 3.90. The third-order valence-corrected chi connectivity index (χ3v) is 2.47. The van der Waals surface area contributed by atoms with Crippen molar-refractivity contribution >= 4 is 22.6 Å². The molecule has 0 amide bonds. The van der Waals surface area contributed by atoms with Crippen molar-refractivity contribution in [2.45, 2.75) is 6.92 Å². The van der Waals surface area contributed by atoms with Crippen molar-refractivity contribution in [3.8, 4) is 0 Å². The SMILES string of the molecule is Cc1[c]nn(C)c1I. The minimum Gasteiger partial charge on any atom is -0.261 e. The van der Waals surface area contributed by atoms with Gasteiger partial charge in [-0.1, -0.05) is 0 Å². The van der Waals surface area contributed by atoms with Crippen LogP contribution < -0.4 is 0 Å². The summed E-state index contributed by atoms with van der Waals surface area (Å²) in [5.41, 5.74) is 1.12. The number of rotatable bonds is 0. The van der Waals surface area contributed by atoms with Crippen molar-refractivity contribution in [2.75, 3.05) is 0 Å². The molecular formula is C5H6IN2. The summed E-state index contributed by atoms with van der Waals surface area (Å²) in [5, 5.41) is 3.90. The normalized spacial score (nSPS) is 9.88. The summed E-state index contributed by atoms with van der Waals surface area (Å²) in [6.07, 6.45) is 2.84. The molecule has 0 aliphatic heterocycles. The van der Waals surface area contributed by atoms with E-state index in [1.165, 1.54) is 0 Å². The molecule has 0 N–H and O–H groups in total. The zero-order valence-corrected chi connectivity index (χ0v) is 6.93. The summed E-state index contributed by atoms with van der Waals surface area (Å²) < 4.78 is 2.96. The van der Waals surface area contributed by atoms with E-state index in [9.17, 15) is 0 Å². The Bertz CT molecular complexity index is 173. The maximum Gasteiger partial charge on any atom is 0.117 e. The highest BCUT2D eigenvalue weighted by Crippen LogP contribution is 2.06. The van der Waals surface area contributed by atoms with E-state index < -0.39 is 0 Å². The number of aryl methyl sites for hydroxylation is 2. The quantitative estimate of drug-likeness (QED) is 0.600. The van der Waals surface area contributed by atoms with Crippen molar-refractivity contribution in [1.29, 1.82) is 0 Å². The van der Waals surface area contributed by atoms with Crippen LogP contribution in [0.1, 0.15) is 5.56 Å². The second-order valence-corrected chi connectivity index (χ2v) is 2.67. The molecule has 1 aromatic heterocycles. The van der Waals surface area contributed by atoms with Crippen molar-refractivity contribution in [1.82, 2.24) is 9.78 Å². The van der Waals surface area contributed by atoms with Gasteiger partial charge in [0.1, 0.15) is 9.90 Å². The fourth-order valence-corrected chi connectivity index (χ4v) is 0.711. The molecule has 0 aliphatic rings. The number of aromatic nitrogens is 2. The van der Waals surface area contributed by atoms with Crippen LogP contribution in [0.5, 0.6) is 0 Å². The molecule has 0 fully saturated rings. The topological polar surface area (TPSA) is 17.8 Å². The maximum absolute atomic E-state index is 3.90. The molecule has 0 bridgehead atoms. The van der Waals surface area contributed by atoms with Crippen LogP contribution in [-0.2, 0) is 7.05 Å². The van der Waals surface area contributed by atoms with Gasteiger partial charge in [0.2, 0.25) is 0 Å². The first-order valence-electron chi connectivity index (χ1n) is 2.28. The Morgan fingerprint density at radius 1 is 1.75 bits per heavy atom. The molecule has 0 saturated heterocycles. The molecule has 1 radical (unpaired) electrons. The van der Waals surface area contributed by atoms with Crippen LogP contribution in [-0.4, -0.2) is 9.78 Å². The highest BCUT2D eigenvalue weighted by Gasteiger charge is 1.96. The molecule has 43 valence electrons. The lowest BCUT2D eigenvalue weighted by atomic mass is 10.4. The van der Waals surface area contributed by atoms with E-state index in [0.717, 1.165) is 9.26 Å². The molecule has 1 rings (SSSR count). The standard InChI is InChI=1S/C5H6IN2/c1-4-3-7-8(2)5(4)6/h1-2H3. The molecule has 0 unspecified atom stereocenters. The zero-order chi connectivity index (χ0) is 6.15. The Kier molecular flexibility index (Phi) is 1.55. The monoisotopic (exact) mass is 221 g/mol. The van der Waals surface area contributed by atoms with Crippen LogP contribution in [0.15, 0.2) is 0 Å². The lowest BCUT2D eigenvalue weighted by Gasteiger charge is -1.88. The molecule has 0 aliphatic carbocycles. The molecule has 3 heteroatoms. The summed E-state index contributed by atoms with van der Waals surface area (Å²) in [6, 6.07) is 0. The summed E-state index contributed by atoms with van der Waals surface area (Å²) in [6.45, 7) is 1.99. The Balaban J connectivity index is 3.19. The van der Waals surface area contributed by atoms with E-state index in [-0.39, 0.29) is 0 Å². The smallest absolute Gasteiger partial charge is 0.117 e. The second kappa shape index (κ2) is 2.05. The van der Waals surface area contributed by atoms with Gasteiger partial charge >= 0.3 is 0 Å². The third-order valence-electron chi connectivity index (χ3n) is 0.961. The second-order valence-electron chi connectivity index (χ2n) is 1.65. The van der Waals surface area contributed by atoms with Crippen molar-refractivity contribution in [2.24, 2.45) is 7.05 Å². The molecule has 2 nitrogen and oxygen atoms in total. The van der Waals surface area contributed by atoms with Gasteiger partial charge in [-0.25, -0.2) is 0 Å². The number of hydrogen-bond donors (Lipinski definition) is 0. The van der Waals surface area contributed by atoms with Gasteiger partial charge in [-0.2, -0.15) is 5.10 Å². The number of hydrogen-bond acceptors (Lipinski definition) is 1. The molecule has 0 aromatic carbocycles. The minimum absolute atomic E-state index is 1.12. The van der Waals surface area contributed by atoms with E-state index >= 15 is 0 Å². The summed E-state index contributed by atoms with van der Waals surface area (Å²) in [5.74, 6) is 0. The zero-order valence-electron chi connectivity index (χ0n) is 4.77. The van der Waals surface area contributed by atoms with E-state index in [1.807, 2.05) is 14.0 Å². The first kappa shape index (κ1) is 6.07. The molecule has 0 atom stereocenters. The van der Waals surface area contributed by atoms with Gasteiger partial charge in [-0.3, -0.25) is 4.68 Å². The van der Waals surface area contributed by atoms with Crippen LogP contribution in [0, 0.1) is 16.8 Å². The van der Waals surface area contributed by atoms with Crippen molar-refractivity contribution < 1.29 is 0 Å². The fourth-order valence-electron chi connectivity index (χ4n) is 0.483. The summed E-state index contributed by atoms with van der Waals surface area (Å²) >= 11 is 2.23. The van der Waals surface area contributed by atoms with Gasteiger partial charge in [0.15, 0.2) is 0 Å². The molecule has 1 aromatic rings. The highest BCUT2D eigenvalue weighted by molar-refractivity contribution is 14.1. The highest BCUT2D eigenvalue weighted by atomic mass is 127. The van der Waals surface area contributed by atoms with Crippen LogP contribution in [0.3, 0.4) is 0 Å². The number of halogens is 1. The van der Waals surface area contributed by atoms with Crippen LogP contribution in [0.2, 0.25) is 0 Å². The van der Waals surface area contributed by atoms with Crippen LogP contribution >= 0.6 is 22.6 Å². The molecule has 0 saturated carbocycles. The predicted molar refractivity (Wildman–Crippen MR) is 39.5 cm³/mol. The molecular weight excluding hydrogens is 215 g/mol. The van der Waals surface area contributed by atoms with E-state index in [4.69, 9.17) is 0 Å². The van der Waals surface area contributed by atoms with Crippen LogP contribution in [0.25, 0.3) is 0 Å². The van der Waals surface area contributed by atoms with Gasteiger partial charge in [0.05, 0.1) is 0 Å². The average Bonchev–Trinajstić information content (AvgIpc) is 1.98. The van der Waals surface area contributed by atoms with Gasteiger partial charge in [-0.15, -0.1) is 0 Å². The molecule has 1 heterocycles. The average molecular weight is 221 g/mol. The predicted octanol–water partition coefficient (Wildman–Crippen LogP) is 1.13. The Morgan fingerprint density at radius 3 is 2.50 bits per heavy atom. The Morgan fingerprint density at radius 2 is 2.38 bits per heavy atom.